The van der Waals surface area contributed by atoms with Crippen molar-refractivity contribution < 1.29 is 0 Å². The first-order valence-corrected chi connectivity index (χ1v) is 3.15. The van der Waals surface area contributed by atoms with E-state index in [0.29, 0.717) is 6.04 Å². The van der Waals surface area contributed by atoms with Crippen molar-refractivity contribution >= 4 is 0 Å². The minimum absolute atomic E-state index is 0. The SMILES string of the molecule is C.NC1CCCCC1. The quantitative estimate of drug-likeness (QED) is 0.512. The summed E-state index contributed by atoms with van der Waals surface area (Å²) in [7, 11) is 0. The van der Waals surface area contributed by atoms with Gasteiger partial charge in [0.15, 0.2) is 0 Å². The molecule has 0 heterocycles. The smallest absolute Gasteiger partial charge is 0.00388 e. The fraction of sp³-hybridized carbons (Fsp3) is 1.00. The fourth-order valence-corrected chi connectivity index (χ4v) is 1.13. The van der Waals surface area contributed by atoms with Crippen molar-refractivity contribution in [2.75, 3.05) is 0 Å². The van der Waals surface area contributed by atoms with Crippen LogP contribution in [0.1, 0.15) is 39.5 Å². The van der Waals surface area contributed by atoms with Crippen LogP contribution in [0.25, 0.3) is 0 Å². The van der Waals surface area contributed by atoms with Crippen molar-refractivity contribution in [3.8, 4) is 0 Å². The highest BCUT2D eigenvalue weighted by Crippen LogP contribution is 2.14. The van der Waals surface area contributed by atoms with Crippen LogP contribution in [0, 0.1) is 0 Å². The van der Waals surface area contributed by atoms with Crippen LogP contribution in [0.4, 0.5) is 0 Å². The van der Waals surface area contributed by atoms with Gasteiger partial charge < -0.3 is 5.73 Å². The number of nitrogens with two attached hydrogens (primary N) is 1. The largest absolute Gasteiger partial charge is 0.328 e. The molecule has 0 radical (unpaired) electrons. The Morgan fingerprint density at radius 3 is 1.75 bits per heavy atom. The third-order valence-electron chi connectivity index (χ3n) is 1.65. The van der Waals surface area contributed by atoms with Crippen molar-refractivity contribution in [3.05, 3.63) is 0 Å². The maximum atomic E-state index is 5.63. The Morgan fingerprint density at radius 2 is 1.50 bits per heavy atom. The van der Waals surface area contributed by atoms with Gasteiger partial charge in [-0.25, -0.2) is 0 Å². The van der Waals surface area contributed by atoms with E-state index in [4.69, 9.17) is 5.73 Å². The molecule has 8 heavy (non-hydrogen) atoms. The van der Waals surface area contributed by atoms with E-state index in [0.717, 1.165) is 0 Å². The molecule has 1 aliphatic rings. The molecular weight excluding hydrogens is 98.1 g/mol. The lowest BCUT2D eigenvalue weighted by Gasteiger charge is -2.15. The Bertz CT molecular complexity index is 46.3. The average molecular weight is 115 g/mol. The number of hydrogen-bond donors (Lipinski definition) is 1. The van der Waals surface area contributed by atoms with Gasteiger partial charge in [0.05, 0.1) is 0 Å². The van der Waals surface area contributed by atoms with Crippen LogP contribution < -0.4 is 5.73 Å². The van der Waals surface area contributed by atoms with E-state index in [-0.39, 0.29) is 7.43 Å². The van der Waals surface area contributed by atoms with Crippen molar-refractivity contribution in [2.24, 2.45) is 5.73 Å². The zero-order chi connectivity index (χ0) is 5.11. The van der Waals surface area contributed by atoms with Crippen LogP contribution in [0.3, 0.4) is 0 Å². The van der Waals surface area contributed by atoms with E-state index in [1.807, 2.05) is 0 Å². The standard InChI is InChI=1S/C6H13N.CH4/c7-6-4-2-1-3-5-6;/h6H,1-5,7H2;1H4. The van der Waals surface area contributed by atoms with Gasteiger partial charge in [-0.2, -0.15) is 0 Å². The molecular formula is C7H17N. The molecule has 1 aliphatic carbocycles. The third-order valence-corrected chi connectivity index (χ3v) is 1.65. The molecule has 0 aliphatic heterocycles. The molecule has 1 rings (SSSR count). The van der Waals surface area contributed by atoms with E-state index in [1.54, 1.807) is 0 Å². The molecule has 1 saturated carbocycles. The Morgan fingerprint density at radius 1 is 1.00 bits per heavy atom. The summed E-state index contributed by atoms with van der Waals surface area (Å²) in [6, 6.07) is 0.536. The molecule has 0 atom stereocenters. The number of hydrogen-bond acceptors (Lipinski definition) is 1. The molecule has 1 heteroatoms. The van der Waals surface area contributed by atoms with Gasteiger partial charge in [0, 0.05) is 6.04 Å². The van der Waals surface area contributed by atoms with Crippen LogP contribution in [-0.2, 0) is 0 Å². The second-order valence-electron chi connectivity index (χ2n) is 2.40. The highest BCUT2D eigenvalue weighted by molar-refractivity contribution is 4.66. The first kappa shape index (κ1) is 7.96. The summed E-state index contributed by atoms with van der Waals surface area (Å²) in [5, 5.41) is 0. The highest BCUT2D eigenvalue weighted by Gasteiger charge is 2.06. The molecule has 1 fully saturated rings. The fourth-order valence-electron chi connectivity index (χ4n) is 1.13. The normalized spacial score (nSPS) is 22.1. The summed E-state index contributed by atoms with van der Waals surface area (Å²) in [6.45, 7) is 0. The van der Waals surface area contributed by atoms with Gasteiger partial charge in [0.25, 0.3) is 0 Å². The van der Waals surface area contributed by atoms with Gasteiger partial charge in [-0.1, -0.05) is 26.7 Å². The molecule has 0 aromatic heterocycles. The van der Waals surface area contributed by atoms with Gasteiger partial charge >= 0.3 is 0 Å². The van der Waals surface area contributed by atoms with Gasteiger partial charge in [-0.15, -0.1) is 0 Å². The van der Waals surface area contributed by atoms with E-state index < -0.39 is 0 Å². The summed E-state index contributed by atoms with van der Waals surface area (Å²) < 4.78 is 0. The van der Waals surface area contributed by atoms with Crippen molar-refractivity contribution in [2.45, 2.75) is 45.6 Å². The predicted molar refractivity (Wildman–Crippen MR) is 37.8 cm³/mol. The van der Waals surface area contributed by atoms with Crippen LogP contribution in [0.2, 0.25) is 0 Å². The maximum Gasteiger partial charge on any atom is 0.00388 e. The summed E-state index contributed by atoms with van der Waals surface area (Å²) in [5.41, 5.74) is 5.63. The third kappa shape index (κ3) is 2.31. The molecule has 50 valence electrons. The Labute approximate surface area is 52.3 Å². The monoisotopic (exact) mass is 115 g/mol. The molecule has 0 unspecified atom stereocenters. The van der Waals surface area contributed by atoms with Gasteiger partial charge in [0.2, 0.25) is 0 Å². The molecule has 2 N–H and O–H groups in total. The topological polar surface area (TPSA) is 26.0 Å². The van der Waals surface area contributed by atoms with E-state index in [9.17, 15) is 0 Å². The summed E-state index contributed by atoms with van der Waals surface area (Å²) >= 11 is 0. The molecule has 0 aromatic rings. The van der Waals surface area contributed by atoms with Crippen LogP contribution in [0.15, 0.2) is 0 Å². The molecule has 0 amide bonds. The first-order valence-electron chi connectivity index (χ1n) is 3.15. The second-order valence-corrected chi connectivity index (χ2v) is 2.40. The molecule has 0 spiro atoms. The Kier molecular flexibility index (Phi) is 3.88. The molecule has 0 saturated heterocycles. The summed E-state index contributed by atoms with van der Waals surface area (Å²) in [6.07, 6.45) is 6.66. The van der Waals surface area contributed by atoms with Gasteiger partial charge in [-0.3, -0.25) is 0 Å². The average Bonchev–Trinajstić information content (AvgIpc) is 1.69. The first-order chi connectivity index (χ1) is 3.39. The minimum Gasteiger partial charge on any atom is -0.328 e. The zero-order valence-corrected chi connectivity index (χ0v) is 4.69. The lowest BCUT2D eigenvalue weighted by atomic mass is 9.97. The van der Waals surface area contributed by atoms with Crippen molar-refractivity contribution in [3.63, 3.8) is 0 Å². The Hall–Kier alpha value is -0.0400. The number of rotatable bonds is 0. The Balaban J connectivity index is 0.000000490. The molecule has 1 nitrogen and oxygen atoms in total. The minimum atomic E-state index is 0. The predicted octanol–water partition coefficient (Wildman–Crippen LogP) is 1.91. The van der Waals surface area contributed by atoms with Gasteiger partial charge in [-0.05, 0) is 12.8 Å². The van der Waals surface area contributed by atoms with Crippen molar-refractivity contribution in [1.82, 2.24) is 0 Å². The molecule has 0 bridgehead atoms. The van der Waals surface area contributed by atoms with E-state index in [1.165, 1.54) is 32.1 Å². The van der Waals surface area contributed by atoms with E-state index in [2.05, 4.69) is 0 Å². The zero-order valence-electron chi connectivity index (χ0n) is 4.69. The van der Waals surface area contributed by atoms with Crippen LogP contribution in [0.5, 0.6) is 0 Å². The summed E-state index contributed by atoms with van der Waals surface area (Å²) in [4.78, 5) is 0. The molecule has 0 aromatic carbocycles. The second kappa shape index (κ2) is 3.90. The van der Waals surface area contributed by atoms with Crippen molar-refractivity contribution in [1.29, 1.82) is 0 Å². The maximum absolute atomic E-state index is 5.63. The van der Waals surface area contributed by atoms with Crippen LogP contribution in [-0.4, -0.2) is 6.04 Å². The van der Waals surface area contributed by atoms with Gasteiger partial charge in [0.1, 0.15) is 0 Å². The lowest BCUT2D eigenvalue weighted by Crippen LogP contribution is -2.22. The lowest BCUT2D eigenvalue weighted by molar-refractivity contribution is 0.441. The summed E-state index contributed by atoms with van der Waals surface area (Å²) in [5.74, 6) is 0. The van der Waals surface area contributed by atoms with E-state index >= 15 is 0 Å². The van der Waals surface area contributed by atoms with Crippen LogP contribution >= 0.6 is 0 Å². The highest BCUT2D eigenvalue weighted by atomic mass is 14.6.